The van der Waals surface area contributed by atoms with Crippen molar-refractivity contribution < 1.29 is 4.79 Å². The predicted octanol–water partition coefficient (Wildman–Crippen LogP) is 4.27. The smallest absolute Gasteiger partial charge is 0.267 e. The van der Waals surface area contributed by atoms with Crippen LogP contribution in [0.2, 0.25) is 5.02 Å². The number of aromatic amines is 1. The van der Waals surface area contributed by atoms with Gasteiger partial charge in [-0.05, 0) is 31.0 Å². The number of carbonyl (C=O) groups excluding carboxylic acids is 1. The number of aromatic nitrogens is 1. The molecule has 3 nitrogen and oxygen atoms in total. The zero-order chi connectivity index (χ0) is 13.9. The Labute approximate surface area is 123 Å². The number of carbonyl (C=O) groups is 1. The van der Waals surface area contributed by atoms with Gasteiger partial charge in [-0.15, -0.1) is 0 Å². The molecule has 4 heteroatoms. The van der Waals surface area contributed by atoms with Gasteiger partial charge in [0, 0.05) is 22.0 Å². The summed E-state index contributed by atoms with van der Waals surface area (Å²) in [6.45, 7) is 0. The first-order valence-corrected chi connectivity index (χ1v) is 7.69. The number of nitrogens with one attached hydrogen (secondary N) is 2. The van der Waals surface area contributed by atoms with Crippen LogP contribution in [-0.4, -0.2) is 16.9 Å². The minimum atomic E-state index is -0.00998. The van der Waals surface area contributed by atoms with Crippen LogP contribution in [0, 0.1) is 0 Å². The Morgan fingerprint density at radius 3 is 2.65 bits per heavy atom. The minimum absolute atomic E-state index is 0.00998. The van der Waals surface area contributed by atoms with Crippen molar-refractivity contribution in [3.05, 3.63) is 35.0 Å². The lowest BCUT2D eigenvalue weighted by atomic mass is 10.1. The monoisotopic (exact) mass is 290 g/mol. The second-order valence-electron chi connectivity index (χ2n) is 5.58. The third kappa shape index (κ3) is 2.98. The fourth-order valence-electron chi connectivity index (χ4n) is 2.91. The normalized spacial score (nSPS) is 17.1. The second-order valence-corrected chi connectivity index (χ2v) is 6.01. The molecule has 0 spiro atoms. The molecule has 0 bridgehead atoms. The van der Waals surface area contributed by atoms with E-state index < -0.39 is 0 Å². The van der Waals surface area contributed by atoms with Gasteiger partial charge < -0.3 is 10.3 Å². The molecule has 2 aromatic rings. The highest BCUT2D eigenvalue weighted by atomic mass is 35.5. The maximum atomic E-state index is 12.3. The molecule has 1 saturated carbocycles. The number of rotatable bonds is 2. The number of hydrogen-bond acceptors (Lipinski definition) is 1. The summed E-state index contributed by atoms with van der Waals surface area (Å²) in [5.41, 5.74) is 1.52. The quantitative estimate of drug-likeness (QED) is 0.797. The van der Waals surface area contributed by atoms with Crippen LogP contribution in [0.15, 0.2) is 24.3 Å². The Morgan fingerprint density at radius 2 is 1.90 bits per heavy atom. The first-order valence-electron chi connectivity index (χ1n) is 7.31. The van der Waals surface area contributed by atoms with Gasteiger partial charge in [0.15, 0.2) is 0 Å². The summed E-state index contributed by atoms with van der Waals surface area (Å²) >= 11 is 5.96. The van der Waals surface area contributed by atoms with Gasteiger partial charge in [-0.25, -0.2) is 0 Å². The molecule has 0 aliphatic heterocycles. The molecular weight excluding hydrogens is 272 g/mol. The summed E-state index contributed by atoms with van der Waals surface area (Å²) in [6, 6.07) is 7.82. The topological polar surface area (TPSA) is 44.9 Å². The van der Waals surface area contributed by atoms with Crippen molar-refractivity contribution in [3.63, 3.8) is 0 Å². The summed E-state index contributed by atoms with van der Waals surface area (Å²) in [5.74, 6) is -0.00998. The van der Waals surface area contributed by atoms with E-state index in [9.17, 15) is 4.79 Å². The maximum Gasteiger partial charge on any atom is 0.267 e. The molecule has 1 aromatic carbocycles. The average molecular weight is 291 g/mol. The van der Waals surface area contributed by atoms with Crippen LogP contribution in [0.1, 0.15) is 49.0 Å². The molecule has 1 heterocycles. The van der Waals surface area contributed by atoms with E-state index in [1.807, 2.05) is 24.3 Å². The average Bonchev–Trinajstić information content (AvgIpc) is 2.68. The van der Waals surface area contributed by atoms with Crippen LogP contribution in [0.3, 0.4) is 0 Å². The van der Waals surface area contributed by atoms with Crippen LogP contribution in [0.4, 0.5) is 0 Å². The molecule has 0 saturated heterocycles. The summed E-state index contributed by atoms with van der Waals surface area (Å²) in [5, 5.41) is 4.84. The van der Waals surface area contributed by atoms with Crippen LogP contribution in [0.25, 0.3) is 10.9 Å². The van der Waals surface area contributed by atoms with Crippen LogP contribution in [-0.2, 0) is 0 Å². The van der Waals surface area contributed by atoms with Crippen molar-refractivity contribution in [1.29, 1.82) is 0 Å². The fourth-order valence-corrected chi connectivity index (χ4v) is 3.08. The van der Waals surface area contributed by atoms with Gasteiger partial charge in [0.1, 0.15) is 5.69 Å². The number of fused-ring (bicyclic) bond motifs is 1. The van der Waals surface area contributed by atoms with E-state index in [4.69, 9.17) is 11.6 Å². The highest BCUT2D eigenvalue weighted by molar-refractivity contribution is 6.31. The van der Waals surface area contributed by atoms with E-state index in [0.717, 1.165) is 23.7 Å². The van der Waals surface area contributed by atoms with Gasteiger partial charge >= 0.3 is 0 Å². The van der Waals surface area contributed by atoms with E-state index in [1.54, 1.807) is 0 Å². The van der Waals surface area contributed by atoms with Gasteiger partial charge in [0.25, 0.3) is 5.91 Å². The van der Waals surface area contributed by atoms with Crippen molar-refractivity contribution in [1.82, 2.24) is 10.3 Å². The van der Waals surface area contributed by atoms with E-state index in [2.05, 4.69) is 10.3 Å². The first-order chi connectivity index (χ1) is 9.72. The summed E-state index contributed by atoms with van der Waals surface area (Å²) in [6.07, 6.45) is 7.20. The SMILES string of the molecule is O=C(NC1CCCCCC1)c1cc2ccc(Cl)cc2[nH]1. The van der Waals surface area contributed by atoms with Gasteiger partial charge in [-0.1, -0.05) is 43.4 Å². The number of halogens is 1. The molecule has 0 radical (unpaired) electrons. The molecule has 1 aliphatic rings. The molecule has 1 fully saturated rings. The lowest BCUT2D eigenvalue weighted by Crippen LogP contribution is -2.34. The standard InChI is InChI=1S/C16H19ClN2O/c17-12-8-7-11-9-15(19-14(11)10-12)16(20)18-13-5-3-1-2-4-6-13/h7-10,13,19H,1-6H2,(H,18,20). The third-order valence-electron chi connectivity index (χ3n) is 4.02. The minimum Gasteiger partial charge on any atom is -0.350 e. The van der Waals surface area contributed by atoms with Crippen LogP contribution >= 0.6 is 11.6 Å². The molecule has 0 unspecified atom stereocenters. The highest BCUT2D eigenvalue weighted by Gasteiger charge is 2.17. The Kier molecular flexibility index (Phi) is 3.97. The van der Waals surface area contributed by atoms with Crippen molar-refractivity contribution >= 4 is 28.4 Å². The molecule has 20 heavy (non-hydrogen) atoms. The van der Waals surface area contributed by atoms with E-state index in [-0.39, 0.29) is 5.91 Å². The molecule has 2 N–H and O–H groups in total. The number of hydrogen-bond donors (Lipinski definition) is 2. The predicted molar refractivity (Wildman–Crippen MR) is 82.3 cm³/mol. The Bertz CT molecular complexity index is 612. The van der Waals surface area contributed by atoms with E-state index in [1.165, 1.54) is 25.7 Å². The molecule has 3 rings (SSSR count). The molecule has 1 aromatic heterocycles. The van der Waals surface area contributed by atoms with Crippen LogP contribution in [0.5, 0.6) is 0 Å². The largest absolute Gasteiger partial charge is 0.350 e. The van der Waals surface area contributed by atoms with Crippen molar-refractivity contribution in [3.8, 4) is 0 Å². The van der Waals surface area contributed by atoms with Gasteiger partial charge in [-0.3, -0.25) is 4.79 Å². The molecule has 0 atom stereocenters. The lowest BCUT2D eigenvalue weighted by molar-refractivity contribution is 0.0929. The maximum absolute atomic E-state index is 12.3. The first kappa shape index (κ1) is 13.5. The van der Waals surface area contributed by atoms with Crippen molar-refractivity contribution in [2.45, 2.75) is 44.6 Å². The van der Waals surface area contributed by atoms with E-state index in [0.29, 0.717) is 16.8 Å². The van der Waals surface area contributed by atoms with Crippen LogP contribution < -0.4 is 5.32 Å². The Hall–Kier alpha value is -1.48. The van der Waals surface area contributed by atoms with E-state index >= 15 is 0 Å². The fraction of sp³-hybridized carbons (Fsp3) is 0.438. The zero-order valence-electron chi connectivity index (χ0n) is 11.4. The number of H-pyrrole nitrogens is 1. The molecular formula is C16H19ClN2O. The number of benzene rings is 1. The van der Waals surface area contributed by atoms with Gasteiger partial charge in [-0.2, -0.15) is 0 Å². The third-order valence-corrected chi connectivity index (χ3v) is 4.25. The zero-order valence-corrected chi connectivity index (χ0v) is 12.2. The van der Waals surface area contributed by atoms with Crippen molar-refractivity contribution in [2.75, 3.05) is 0 Å². The molecule has 106 valence electrons. The molecule has 1 aliphatic carbocycles. The Balaban J connectivity index is 1.74. The number of amides is 1. The summed E-state index contributed by atoms with van der Waals surface area (Å²) in [7, 11) is 0. The Morgan fingerprint density at radius 1 is 1.15 bits per heavy atom. The van der Waals surface area contributed by atoms with Crippen molar-refractivity contribution in [2.24, 2.45) is 0 Å². The highest BCUT2D eigenvalue weighted by Crippen LogP contribution is 2.21. The summed E-state index contributed by atoms with van der Waals surface area (Å²) < 4.78 is 0. The van der Waals surface area contributed by atoms with Gasteiger partial charge in [0.05, 0.1) is 0 Å². The molecule has 1 amide bonds. The second kappa shape index (κ2) is 5.88. The summed E-state index contributed by atoms with van der Waals surface area (Å²) in [4.78, 5) is 15.4. The lowest BCUT2D eigenvalue weighted by Gasteiger charge is -2.15. The van der Waals surface area contributed by atoms with Gasteiger partial charge in [0.2, 0.25) is 0 Å².